The molecular formula is C21H25ClN4O5. The number of esters is 1. The van der Waals surface area contributed by atoms with E-state index in [9.17, 15) is 14.4 Å². The Hall–Kier alpha value is -3.17. The van der Waals surface area contributed by atoms with Crippen LogP contribution >= 0.6 is 11.6 Å². The van der Waals surface area contributed by atoms with Crippen LogP contribution in [-0.4, -0.2) is 54.6 Å². The highest BCUT2D eigenvalue weighted by Gasteiger charge is 2.13. The Kier molecular flexibility index (Phi) is 9.23. The van der Waals surface area contributed by atoms with Crippen molar-refractivity contribution in [2.24, 2.45) is 0 Å². The number of hydrogen-bond donors (Lipinski definition) is 2. The molecule has 9 nitrogen and oxygen atoms in total. The number of ether oxygens (including phenoxy) is 2. The van der Waals surface area contributed by atoms with Gasteiger partial charge in [-0.15, -0.1) is 0 Å². The molecule has 0 saturated heterocycles. The fraction of sp³-hybridized carbons (Fsp3) is 0.333. The van der Waals surface area contributed by atoms with Gasteiger partial charge in [-0.2, -0.15) is 5.10 Å². The molecule has 1 aromatic carbocycles. The second-order valence-corrected chi connectivity index (χ2v) is 7.03. The summed E-state index contributed by atoms with van der Waals surface area (Å²) in [6.07, 6.45) is 2.63. The Morgan fingerprint density at radius 3 is 2.58 bits per heavy atom. The molecule has 0 saturated carbocycles. The molecule has 3 amide bonds. The van der Waals surface area contributed by atoms with Crippen molar-refractivity contribution in [1.82, 2.24) is 20.4 Å². The standard InChI is InChI=1S/C21H25ClN4O5/c1-14-4-6-16(7-5-14)12-26-20(22)17(15(2)25-26)8-9-19(28)31-13-18(27)24-21(29)23-10-11-30-3/h4-9H,10-13H2,1-3H3,(H2,23,24,27,29)/b9-8+. The molecule has 0 bridgehead atoms. The van der Waals surface area contributed by atoms with Gasteiger partial charge in [0, 0.05) is 25.3 Å². The highest BCUT2D eigenvalue weighted by molar-refractivity contribution is 6.31. The summed E-state index contributed by atoms with van der Waals surface area (Å²) in [5.74, 6) is -1.51. The second-order valence-electron chi connectivity index (χ2n) is 6.67. The zero-order valence-electron chi connectivity index (χ0n) is 17.6. The van der Waals surface area contributed by atoms with Crippen LogP contribution in [0.25, 0.3) is 6.08 Å². The normalized spacial score (nSPS) is 10.8. The van der Waals surface area contributed by atoms with Gasteiger partial charge in [0.1, 0.15) is 5.15 Å². The minimum absolute atomic E-state index is 0.246. The number of methoxy groups -OCH3 is 1. The van der Waals surface area contributed by atoms with Crippen molar-refractivity contribution >= 4 is 35.6 Å². The Morgan fingerprint density at radius 1 is 1.19 bits per heavy atom. The molecule has 0 aliphatic heterocycles. The molecule has 0 radical (unpaired) electrons. The fourth-order valence-corrected chi connectivity index (χ4v) is 2.83. The van der Waals surface area contributed by atoms with Crippen molar-refractivity contribution in [3.63, 3.8) is 0 Å². The molecule has 2 N–H and O–H groups in total. The van der Waals surface area contributed by atoms with Gasteiger partial charge < -0.3 is 14.8 Å². The predicted molar refractivity (Wildman–Crippen MR) is 116 cm³/mol. The van der Waals surface area contributed by atoms with Crippen molar-refractivity contribution in [3.05, 3.63) is 57.9 Å². The number of imide groups is 1. The number of carbonyl (C=O) groups is 3. The zero-order chi connectivity index (χ0) is 22.8. The molecule has 1 heterocycles. The Labute approximate surface area is 185 Å². The zero-order valence-corrected chi connectivity index (χ0v) is 18.4. The van der Waals surface area contributed by atoms with E-state index in [1.54, 1.807) is 11.6 Å². The third-order valence-electron chi connectivity index (χ3n) is 4.14. The first kappa shape index (κ1) is 24.1. The van der Waals surface area contributed by atoms with E-state index < -0.39 is 24.5 Å². The molecule has 0 aliphatic carbocycles. The number of benzene rings is 1. The van der Waals surface area contributed by atoms with E-state index >= 15 is 0 Å². The van der Waals surface area contributed by atoms with Crippen molar-refractivity contribution in [2.45, 2.75) is 20.4 Å². The van der Waals surface area contributed by atoms with Crippen LogP contribution < -0.4 is 10.6 Å². The van der Waals surface area contributed by atoms with Crippen LogP contribution in [0.2, 0.25) is 5.15 Å². The summed E-state index contributed by atoms with van der Waals surface area (Å²) >= 11 is 6.41. The first-order chi connectivity index (χ1) is 14.8. The molecule has 0 fully saturated rings. The molecule has 0 atom stereocenters. The minimum atomic E-state index is -0.753. The van der Waals surface area contributed by atoms with Gasteiger partial charge in [0.15, 0.2) is 6.61 Å². The Morgan fingerprint density at radius 2 is 1.90 bits per heavy atom. The van der Waals surface area contributed by atoms with Gasteiger partial charge in [0.25, 0.3) is 5.91 Å². The van der Waals surface area contributed by atoms with Crippen LogP contribution in [0.4, 0.5) is 4.79 Å². The highest BCUT2D eigenvalue weighted by atomic mass is 35.5. The van der Waals surface area contributed by atoms with E-state index in [1.807, 2.05) is 36.5 Å². The lowest BCUT2D eigenvalue weighted by molar-refractivity contribution is -0.143. The van der Waals surface area contributed by atoms with Crippen molar-refractivity contribution < 1.29 is 23.9 Å². The van der Waals surface area contributed by atoms with Crippen LogP contribution in [0.15, 0.2) is 30.3 Å². The Bertz CT molecular complexity index is 953. The van der Waals surface area contributed by atoms with Crippen LogP contribution in [0.5, 0.6) is 0 Å². The van der Waals surface area contributed by atoms with Crippen molar-refractivity contribution in [3.8, 4) is 0 Å². The summed E-state index contributed by atoms with van der Waals surface area (Å²) in [5, 5.41) is 9.23. The SMILES string of the molecule is COCCNC(=O)NC(=O)COC(=O)/C=C/c1c(C)nn(Cc2ccc(C)cc2)c1Cl. The second kappa shape index (κ2) is 11.9. The van der Waals surface area contributed by atoms with Gasteiger partial charge in [-0.3, -0.25) is 10.1 Å². The molecule has 0 aliphatic rings. The maximum atomic E-state index is 11.9. The molecule has 1 aromatic heterocycles. The molecule has 0 spiro atoms. The number of nitrogens with one attached hydrogen (secondary N) is 2. The van der Waals surface area contributed by atoms with Crippen LogP contribution in [0.1, 0.15) is 22.4 Å². The minimum Gasteiger partial charge on any atom is -0.452 e. The van der Waals surface area contributed by atoms with Gasteiger partial charge in [0.05, 0.1) is 18.8 Å². The number of aromatic nitrogens is 2. The number of rotatable bonds is 9. The summed E-state index contributed by atoms with van der Waals surface area (Å²) in [6.45, 7) is 4.24. The number of halogens is 1. The molecular weight excluding hydrogens is 424 g/mol. The van der Waals surface area contributed by atoms with Crippen molar-refractivity contribution in [2.75, 3.05) is 26.9 Å². The molecule has 10 heteroatoms. The van der Waals surface area contributed by atoms with E-state index in [1.165, 1.54) is 13.2 Å². The largest absolute Gasteiger partial charge is 0.452 e. The van der Waals surface area contributed by atoms with Crippen molar-refractivity contribution in [1.29, 1.82) is 0 Å². The third-order valence-corrected chi connectivity index (χ3v) is 4.54. The maximum absolute atomic E-state index is 11.9. The predicted octanol–water partition coefficient (Wildman–Crippen LogP) is 2.23. The van der Waals surface area contributed by atoms with Crippen LogP contribution in [0, 0.1) is 13.8 Å². The monoisotopic (exact) mass is 448 g/mol. The van der Waals surface area contributed by atoms with Gasteiger partial charge >= 0.3 is 12.0 Å². The third kappa shape index (κ3) is 7.88. The lowest BCUT2D eigenvalue weighted by Gasteiger charge is -2.06. The van der Waals surface area contributed by atoms with Gasteiger partial charge in [-0.05, 0) is 25.5 Å². The van der Waals surface area contributed by atoms with E-state index in [2.05, 4.69) is 10.4 Å². The molecule has 166 valence electrons. The smallest absolute Gasteiger partial charge is 0.331 e. The van der Waals surface area contributed by atoms with Gasteiger partial charge in [-0.25, -0.2) is 14.3 Å². The Balaban J connectivity index is 1.87. The van der Waals surface area contributed by atoms with Gasteiger partial charge in [-0.1, -0.05) is 41.4 Å². The summed E-state index contributed by atoms with van der Waals surface area (Å²) < 4.78 is 11.2. The lowest BCUT2D eigenvalue weighted by Crippen LogP contribution is -2.42. The van der Waals surface area contributed by atoms with Crippen LogP contribution in [-0.2, 0) is 25.6 Å². The number of carbonyl (C=O) groups excluding carboxylic acids is 3. The maximum Gasteiger partial charge on any atom is 0.331 e. The van der Waals surface area contributed by atoms with E-state index in [0.29, 0.717) is 29.6 Å². The molecule has 2 rings (SSSR count). The number of nitrogens with zero attached hydrogens (tertiary/aromatic N) is 2. The summed E-state index contributed by atoms with van der Waals surface area (Å²) in [5.41, 5.74) is 3.43. The molecule has 31 heavy (non-hydrogen) atoms. The molecule has 2 aromatic rings. The number of urea groups is 1. The first-order valence-corrected chi connectivity index (χ1v) is 9.88. The first-order valence-electron chi connectivity index (χ1n) is 9.50. The van der Waals surface area contributed by atoms with Crippen LogP contribution in [0.3, 0.4) is 0 Å². The average molecular weight is 449 g/mol. The van der Waals surface area contributed by atoms with E-state index in [0.717, 1.165) is 17.2 Å². The molecule has 0 unspecified atom stereocenters. The number of aryl methyl sites for hydroxylation is 2. The van der Waals surface area contributed by atoms with Gasteiger partial charge in [0.2, 0.25) is 0 Å². The quantitative estimate of drug-likeness (QED) is 0.345. The summed E-state index contributed by atoms with van der Waals surface area (Å²) in [4.78, 5) is 35.0. The van der Waals surface area contributed by atoms with E-state index in [4.69, 9.17) is 21.1 Å². The topological polar surface area (TPSA) is 112 Å². The number of hydrogen-bond acceptors (Lipinski definition) is 6. The lowest BCUT2D eigenvalue weighted by atomic mass is 10.1. The summed E-state index contributed by atoms with van der Waals surface area (Å²) in [6, 6.07) is 7.32. The average Bonchev–Trinajstić information content (AvgIpc) is 2.99. The summed E-state index contributed by atoms with van der Waals surface area (Å²) in [7, 11) is 1.49. The fourth-order valence-electron chi connectivity index (χ4n) is 2.54. The van der Waals surface area contributed by atoms with E-state index in [-0.39, 0.29) is 6.54 Å². The highest BCUT2D eigenvalue weighted by Crippen LogP contribution is 2.22. The number of amides is 3.